The van der Waals surface area contributed by atoms with Crippen LogP contribution in [0, 0.1) is 3.57 Å². The van der Waals surface area contributed by atoms with E-state index in [9.17, 15) is 4.79 Å². The maximum absolute atomic E-state index is 12.1. The van der Waals surface area contributed by atoms with E-state index >= 15 is 0 Å². The van der Waals surface area contributed by atoms with Gasteiger partial charge in [0.15, 0.2) is 0 Å². The minimum atomic E-state index is -0.0857. The predicted octanol–water partition coefficient (Wildman–Crippen LogP) is 1.32. The standard InChI is InChI=1S/C11H16IN3O2/c1-7(9-4-3-5-17-9)14-11(16)10-8(12)6-13-15(10)2/h6-7,9H,3-5H2,1-2H3,(H,14,16). The van der Waals surface area contributed by atoms with Crippen LogP contribution in [0.25, 0.3) is 0 Å². The van der Waals surface area contributed by atoms with Gasteiger partial charge in [-0.3, -0.25) is 9.48 Å². The molecule has 0 spiro atoms. The minimum absolute atomic E-state index is 0.0377. The van der Waals surface area contributed by atoms with E-state index in [1.54, 1.807) is 17.9 Å². The number of carbonyl (C=O) groups excluding carboxylic acids is 1. The number of rotatable bonds is 3. The summed E-state index contributed by atoms with van der Waals surface area (Å²) in [6, 6.07) is 0.0377. The van der Waals surface area contributed by atoms with Gasteiger partial charge in [-0.2, -0.15) is 5.10 Å². The van der Waals surface area contributed by atoms with Gasteiger partial charge in [0.2, 0.25) is 0 Å². The topological polar surface area (TPSA) is 56.2 Å². The van der Waals surface area contributed by atoms with Crippen LogP contribution in [0.5, 0.6) is 0 Å². The Bertz CT molecular complexity index is 393. The van der Waals surface area contributed by atoms with Crippen molar-refractivity contribution in [2.24, 2.45) is 7.05 Å². The molecule has 0 saturated carbocycles. The Morgan fingerprint density at radius 3 is 3.06 bits per heavy atom. The van der Waals surface area contributed by atoms with Crippen molar-refractivity contribution < 1.29 is 9.53 Å². The van der Waals surface area contributed by atoms with E-state index in [0.717, 1.165) is 23.0 Å². The van der Waals surface area contributed by atoms with E-state index in [1.165, 1.54) is 0 Å². The number of aryl methyl sites for hydroxylation is 1. The lowest BCUT2D eigenvalue weighted by atomic mass is 10.1. The van der Waals surface area contributed by atoms with Crippen LogP contribution in [0.4, 0.5) is 0 Å². The summed E-state index contributed by atoms with van der Waals surface area (Å²) >= 11 is 2.12. The minimum Gasteiger partial charge on any atom is -0.376 e. The van der Waals surface area contributed by atoms with Crippen LogP contribution in [0.3, 0.4) is 0 Å². The summed E-state index contributed by atoms with van der Waals surface area (Å²) in [5.74, 6) is -0.0857. The van der Waals surface area contributed by atoms with Gasteiger partial charge >= 0.3 is 0 Å². The smallest absolute Gasteiger partial charge is 0.270 e. The molecule has 1 aromatic rings. The van der Waals surface area contributed by atoms with Crippen LogP contribution in [0.1, 0.15) is 30.3 Å². The van der Waals surface area contributed by atoms with Crippen molar-refractivity contribution in [1.82, 2.24) is 15.1 Å². The highest BCUT2D eigenvalue weighted by molar-refractivity contribution is 14.1. The van der Waals surface area contributed by atoms with E-state index in [1.807, 2.05) is 6.92 Å². The highest BCUT2D eigenvalue weighted by atomic mass is 127. The van der Waals surface area contributed by atoms with Crippen molar-refractivity contribution >= 4 is 28.5 Å². The third kappa shape index (κ3) is 2.79. The van der Waals surface area contributed by atoms with Gasteiger partial charge in [0.05, 0.1) is 21.9 Å². The molecular weight excluding hydrogens is 333 g/mol. The largest absolute Gasteiger partial charge is 0.376 e. The molecule has 6 heteroatoms. The Labute approximate surface area is 114 Å². The van der Waals surface area contributed by atoms with Gasteiger partial charge < -0.3 is 10.1 Å². The monoisotopic (exact) mass is 349 g/mol. The third-order valence-corrected chi connectivity index (χ3v) is 3.78. The van der Waals surface area contributed by atoms with Crippen LogP contribution in [-0.4, -0.2) is 34.4 Å². The van der Waals surface area contributed by atoms with Crippen molar-refractivity contribution in [2.75, 3.05) is 6.61 Å². The zero-order valence-corrected chi connectivity index (χ0v) is 12.1. The third-order valence-electron chi connectivity index (χ3n) is 2.99. The van der Waals surface area contributed by atoms with E-state index in [2.05, 4.69) is 33.0 Å². The van der Waals surface area contributed by atoms with Crippen LogP contribution >= 0.6 is 22.6 Å². The average Bonchev–Trinajstić information content (AvgIpc) is 2.88. The van der Waals surface area contributed by atoms with Crippen molar-refractivity contribution in [2.45, 2.75) is 31.9 Å². The number of hydrogen-bond acceptors (Lipinski definition) is 3. The molecule has 1 fully saturated rings. The fraction of sp³-hybridized carbons (Fsp3) is 0.636. The normalized spacial score (nSPS) is 21.5. The lowest BCUT2D eigenvalue weighted by molar-refractivity contribution is 0.0706. The maximum atomic E-state index is 12.1. The molecule has 0 radical (unpaired) electrons. The predicted molar refractivity (Wildman–Crippen MR) is 71.8 cm³/mol. The van der Waals surface area contributed by atoms with E-state index in [4.69, 9.17) is 4.74 Å². The second-order valence-corrected chi connectivity index (χ2v) is 5.44. The van der Waals surface area contributed by atoms with Crippen LogP contribution in [-0.2, 0) is 11.8 Å². The Morgan fingerprint density at radius 2 is 2.53 bits per heavy atom. The van der Waals surface area contributed by atoms with E-state index in [-0.39, 0.29) is 18.1 Å². The highest BCUT2D eigenvalue weighted by Gasteiger charge is 2.25. The number of nitrogens with zero attached hydrogens (tertiary/aromatic N) is 2. The first kappa shape index (κ1) is 12.8. The molecule has 1 amide bonds. The van der Waals surface area contributed by atoms with Gasteiger partial charge in [0.1, 0.15) is 5.69 Å². The first-order valence-electron chi connectivity index (χ1n) is 5.69. The second-order valence-electron chi connectivity index (χ2n) is 4.28. The highest BCUT2D eigenvalue weighted by Crippen LogP contribution is 2.16. The van der Waals surface area contributed by atoms with Crippen LogP contribution in [0.2, 0.25) is 0 Å². The quantitative estimate of drug-likeness (QED) is 0.838. The van der Waals surface area contributed by atoms with Gasteiger partial charge in [-0.15, -0.1) is 0 Å². The first-order chi connectivity index (χ1) is 8.09. The molecule has 1 aromatic heterocycles. The summed E-state index contributed by atoms with van der Waals surface area (Å²) in [7, 11) is 1.77. The number of ether oxygens (including phenoxy) is 1. The second kappa shape index (κ2) is 5.34. The zero-order valence-electron chi connectivity index (χ0n) is 9.94. The van der Waals surface area contributed by atoms with Gasteiger partial charge in [-0.1, -0.05) is 0 Å². The Kier molecular flexibility index (Phi) is 4.03. The van der Waals surface area contributed by atoms with Crippen molar-refractivity contribution in [3.8, 4) is 0 Å². The molecule has 0 bridgehead atoms. The average molecular weight is 349 g/mol. The number of amides is 1. The summed E-state index contributed by atoms with van der Waals surface area (Å²) in [6.45, 7) is 2.78. The van der Waals surface area contributed by atoms with Gasteiger partial charge in [0, 0.05) is 13.7 Å². The molecule has 1 saturated heterocycles. The number of aromatic nitrogens is 2. The first-order valence-corrected chi connectivity index (χ1v) is 6.77. The molecular formula is C11H16IN3O2. The molecule has 2 unspecified atom stereocenters. The fourth-order valence-corrected chi connectivity index (χ4v) is 2.75. The summed E-state index contributed by atoms with van der Waals surface area (Å²) in [5.41, 5.74) is 0.607. The summed E-state index contributed by atoms with van der Waals surface area (Å²) < 4.78 is 8.01. The summed E-state index contributed by atoms with van der Waals surface area (Å²) in [5, 5.41) is 7.04. The number of carbonyl (C=O) groups is 1. The Balaban J connectivity index is 2.01. The van der Waals surface area contributed by atoms with E-state index in [0.29, 0.717) is 5.69 Å². The Hall–Kier alpha value is -0.630. The lowest BCUT2D eigenvalue weighted by Gasteiger charge is -2.20. The molecule has 2 rings (SSSR count). The van der Waals surface area contributed by atoms with Crippen LogP contribution in [0.15, 0.2) is 6.20 Å². The molecule has 94 valence electrons. The Morgan fingerprint density at radius 1 is 1.76 bits per heavy atom. The SMILES string of the molecule is CC(NC(=O)c1c(I)cnn1C)C1CCCO1. The van der Waals surface area contributed by atoms with Crippen molar-refractivity contribution in [1.29, 1.82) is 0 Å². The van der Waals surface area contributed by atoms with Crippen molar-refractivity contribution in [3.05, 3.63) is 15.5 Å². The van der Waals surface area contributed by atoms with Gasteiger partial charge in [-0.25, -0.2) is 0 Å². The van der Waals surface area contributed by atoms with Gasteiger partial charge in [-0.05, 0) is 42.4 Å². The molecule has 2 atom stereocenters. The molecule has 1 N–H and O–H groups in total. The number of nitrogens with one attached hydrogen (secondary N) is 1. The molecule has 1 aliphatic heterocycles. The molecule has 2 heterocycles. The number of halogens is 1. The van der Waals surface area contributed by atoms with Gasteiger partial charge in [0.25, 0.3) is 5.91 Å². The summed E-state index contributed by atoms with van der Waals surface area (Å²) in [6.07, 6.45) is 3.93. The lowest BCUT2D eigenvalue weighted by Crippen LogP contribution is -2.41. The van der Waals surface area contributed by atoms with Crippen LogP contribution < -0.4 is 5.32 Å². The zero-order chi connectivity index (χ0) is 12.4. The molecule has 1 aliphatic rings. The number of hydrogen-bond donors (Lipinski definition) is 1. The molecule has 0 aliphatic carbocycles. The summed E-state index contributed by atoms with van der Waals surface area (Å²) in [4.78, 5) is 12.1. The molecule has 17 heavy (non-hydrogen) atoms. The van der Waals surface area contributed by atoms with Crippen molar-refractivity contribution in [3.63, 3.8) is 0 Å². The maximum Gasteiger partial charge on any atom is 0.270 e. The fourth-order valence-electron chi connectivity index (χ4n) is 2.03. The molecule has 0 aromatic carbocycles. The molecule has 5 nitrogen and oxygen atoms in total. The van der Waals surface area contributed by atoms with E-state index < -0.39 is 0 Å².